The first-order chi connectivity index (χ1) is 9.03. The fraction of sp³-hybridized carbons (Fsp3) is 0.583. The molecule has 2 heterocycles. The van der Waals surface area contributed by atoms with Crippen molar-refractivity contribution < 1.29 is 22.4 Å². The Labute approximate surface area is 112 Å². The van der Waals surface area contributed by atoms with E-state index in [4.69, 9.17) is 4.42 Å². The molecule has 0 aromatic carbocycles. The van der Waals surface area contributed by atoms with Crippen LogP contribution in [0.5, 0.6) is 0 Å². The molecular formula is C12H17NO5S. The Morgan fingerprint density at radius 1 is 1.58 bits per heavy atom. The maximum absolute atomic E-state index is 11.6. The topological polar surface area (TPSA) is 85.6 Å². The highest BCUT2D eigenvalue weighted by molar-refractivity contribution is 7.92. The van der Waals surface area contributed by atoms with Gasteiger partial charge in [0.25, 0.3) is 0 Å². The number of carbonyl (C=O) groups excluding carboxylic acids is 1. The van der Waals surface area contributed by atoms with Crippen molar-refractivity contribution in [2.75, 3.05) is 19.4 Å². The van der Waals surface area contributed by atoms with Gasteiger partial charge in [-0.1, -0.05) is 0 Å². The molecule has 1 aromatic rings. The average molecular weight is 287 g/mol. The molecule has 7 heteroatoms. The van der Waals surface area contributed by atoms with Gasteiger partial charge >= 0.3 is 5.97 Å². The number of nitrogens with one attached hydrogen (secondary N) is 1. The number of ether oxygens (including phenoxy) is 1. The third kappa shape index (κ3) is 3.36. The maximum atomic E-state index is 11.6. The summed E-state index contributed by atoms with van der Waals surface area (Å²) in [5, 5.41) is 2.74. The largest absolute Gasteiger partial charge is 0.467 e. The SMILES string of the molecule is COC(=O)c1coc(CNCC2CCCS2(=O)=O)c1. The normalized spacial score (nSPS) is 21.4. The molecular weight excluding hydrogens is 270 g/mol. The molecule has 1 aliphatic heterocycles. The molecule has 0 saturated carbocycles. The maximum Gasteiger partial charge on any atom is 0.341 e. The van der Waals surface area contributed by atoms with Gasteiger partial charge in [-0.3, -0.25) is 0 Å². The summed E-state index contributed by atoms with van der Waals surface area (Å²) in [4.78, 5) is 11.2. The zero-order chi connectivity index (χ0) is 13.9. The second kappa shape index (κ2) is 5.75. The van der Waals surface area contributed by atoms with Crippen molar-refractivity contribution in [3.63, 3.8) is 0 Å². The van der Waals surface area contributed by atoms with E-state index in [1.54, 1.807) is 6.07 Å². The van der Waals surface area contributed by atoms with Crippen LogP contribution in [-0.2, 0) is 21.1 Å². The van der Waals surface area contributed by atoms with Crippen LogP contribution in [0.25, 0.3) is 0 Å². The van der Waals surface area contributed by atoms with Crippen LogP contribution in [0.1, 0.15) is 29.0 Å². The molecule has 1 saturated heterocycles. The number of hydrogen-bond acceptors (Lipinski definition) is 6. The predicted molar refractivity (Wildman–Crippen MR) is 68.6 cm³/mol. The van der Waals surface area contributed by atoms with Gasteiger partial charge in [-0.05, 0) is 18.9 Å². The number of methoxy groups -OCH3 is 1. The Balaban J connectivity index is 1.83. The van der Waals surface area contributed by atoms with Gasteiger partial charge in [-0.15, -0.1) is 0 Å². The Kier molecular flexibility index (Phi) is 4.26. The first-order valence-corrected chi connectivity index (χ1v) is 7.82. The summed E-state index contributed by atoms with van der Waals surface area (Å²) in [6, 6.07) is 1.59. The molecule has 2 rings (SSSR count). The second-order valence-corrected chi connectivity index (χ2v) is 6.96. The number of hydrogen-bond donors (Lipinski definition) is 1. The minimum Gasteiger partial charge on any atom is -0.467 e. The van der Waals surface area contributed by atoms with Crippen LogP contribution >= 0.6 is 0 Å². The van der Waals surface area contributed by atoms with Crippen molar-refractivity contribution in [1.82, 2.24) is 5.32 Å². The summed E-state index contributed by atoms with van der Waals surface area (Å²) in [6.45, 7) is 0.805. The van der Waals surface area contributed by atoms with Crippen molar-refractivity contribution in [2.24, 2.45) is 0 Å². The Bertz CT molecular complexity index is 548. The summed E-state index contributed by atoms with van der Waals surface area (Å²) < 4.78 is 33.0. The summed E-state index contributed by atoms with van der Waals surface area (Å²) >= 11 is 0. The molecule has 106 valence electrons. The monoisotopic (exact) mass is 287 g/mol. The number of carbonyl (C=O) groups is 1. The van der Waals surface area contributed by atoms with Crippen molar-refractivity contribution in [2.45, 2.75) is 24.6 Å². The Morgan fingerprint density at radius 3 is 3.00 bits per heavy atom. The molecule has 0 spiro atoms. The van der Waals surface area contributed by atoms with Gasteiger partial charge in [-0.2, -0.15) is 0 Å². The minimum atomic E-state index is -2.92. The van der Waals surface area contributed by atoms with Gasteiger partial charge in [0.2, 0.25) is 0 Å². The zero-order valence-electron chi connectivity index (χ0n) is 10.7. The zero-order valence-corrected chi connectivity index (χ0v) is 11.5. The molecule has 0 radical (unpaired) electrons. The predicted octanol–water partition coefficient (Wildman–Crippen LogP) is 0.733. The fourth-order valence-electron chi connectivity index (χ4n) is 2.14. The van der Waals surface area contributed by atoms with Gasteiger partial charge in [0.1, 0.15) is 12.0 Å². The standard InChI is InChI=1S/C12H17NO5S/c1-17-12(14)9-5-10(18-8-9)6-13-7-11-3-2-4-19(11,15)16/h5,8,11,13H,2-4,6-7H2,1H3. The molecule has 1 aliphatic rings. The molecule has 19 heavy (non-hydrogen) atoms. The van der Waals surface area contributed by atoms with Crippen LogP contribution in [0, 0.1) is 0 Å². The highest BCUT2D eigenvalue weighted by Crippen LogP contribution is 2.19. The van der Waals surface area contributed by atoms with E-state index in [0.29, 0.717) is 30.8 Å². The quantitative estimate of drug-likeness (QED) is 0.804. The van der Waals surface area contributed by atoms with Crippen LogP contribution in [0.4, 0.5) is 0 Å². The fourth-order valence-corrected chi connectivity index (χ4v) is 3.94. The van der Waals surface area contributed by atoms with Crippen molar-refractivity contribution >= 4 is 15.8 Å². The molecule has 0 aliphatic carbocycles. The lowest BCUT2D eigenvalue weighted by molar-refractivity contribution is 0.0600. The molecule has 0 amide bonds. The van der Waals surface area contributed by atoms with E-state index in [1.807, 2.05) is 0 Å². The lowest BCUT2D eigenvalue weighted by atomic mass is 10.2. The molecule has 1 atom stereocenters. The van der Waals surface area contributed by atoms with Crippen LogP contribution in [-0.4, -0.2) is 39.0 Å². The van der Waals surface area contributed by atoms with Crippen LogP contribution in [0.15, 0.2) is 16.7 Å². The minimum absolute atomic E-state index is 0.284. The van der Waals surface area contributed by atoms with Crippen molar-refractivity contribution in [3.8, 4) is 0 Å². The van der Waals surface area contributed by atoms with Gasteiger partial charge in [0.05, 0.1) is 30.2 Å². The first kappa shape index (κ1) is 14.1. The van der Waals surface area contributed by atoms with E-state index in [1.165, 1.54) is 13.4 Å². The lowest BCUT2D eigenvalue weighted by Crippen LogP contribution is -2.30. The van der Waals surface area contributed by atoms with Crippen LogP contribution in [0.2, 0.25) is 0 Å². The highest BCUT2D eigenvalue weighted by Gasteiger charge is 2.30. The Morgan fingerprint density at radius 2 is 2.37 bits per heavy atom. The third-order valence-corrected chi connectivity index (χ3v) is 5.48. The van der Waals surface area contributed by atoms with E-state index in [-0.39, 0.29) is 11.0 Å². The number of furan rings is 1. The summed E-state index contributed by atoms with van der Waals surface area (Å²) in [5.41, 5.74) is 0.354. The van der Waals surface area contributed by atoms with E-state index >= 15 is 0 Å². The molecule has 1 N–H and O–H groups in total. The molecule has 0 bridgehead atoms. The van der Waals surface area contributed by atoms with Crippen molar-refractivity contribution in [3.05, 3.63) is 23.7 Å². The highest BCUT2D eigenvalue weighted by atomic mass is 32.2. The molecule has 1 aromatic heterocycles. The molecule has 1 fully saturated rings. The van der Waals surface area contributed by atoms with E-state index in [2.05, 4.69) is 10.1 Å². The van der Waals surface area contributed by atoms with Gasteiger partial charge in [0.15, 0.2) is 9.84 Å². The number of sulfone groups is 1. The van der Waals surface area contributed by atoms with Gasteiger partial charge < -0.3 is 14.5 Å². The smallest absolute Gasteiger partial charge is 0.341 e. The van der Waals surface area contributed by atoms with Crippen LogP contribution in [0.3, 0.4) is 0 Å². The van der Waals surface area contributed by atoms with Gasteiger partial charge in [0, 0.05) is 6.54 Å². The first-order valence-electron chi connectivity index (χ1n) is 6.11. The molecule has 1 unspecified atom stereocenters. The number of rotatable bonds is 5. The second-order valence-electron chi connectivity index (χ2n) is 4.56. The lowest BCUT2D eigenvalue weighted by Gasteiger charge is -2.09. The van der Waals surface area contributed by atoms with E-state index in [0.717, 1.165) is 6.42 Å². The van der Waals surface area contributed by atoms with E-state index in [9.17, 15) is 13.2 Å². The van der Waals surface area contributed by atoms with E-state index < -0.39 is 15.8 Å². The summed E-state index contributed by atoms with van der Waals surface area (Å²) in [5.74, 6) is 0.413. The summed E-state index contributed by atoms with van der Waals surface area (Å²) in [7, 11) is -1.62. The van der Waals surface area contributed by atoms with Crippen LogP contribution < -0.4 is 5.32 Å². The summed E-state index contributed by atoms with van der Waals surface area (Å²) in [6.07, 6.45) is 2.78. The Hall–Kier alpha value is -1.34. The van der Waals surface area contributed by atoms with Crippen molar-refractivity contribution in [1.29, 1.82) is 0 Å². The third-order valence-electron chi connectivity index (χ3n) is 3.21. The number of esters is 1. The average Bonchev–Trinajstić information content (AvgIpc) is 2.96. The van der Waals surface area contributed by atoms with Gasteiger partial charge in [-0.25, -0.2) is 13.2 Å². The molecule has 6 nitrogen and oxygen atoms in total.